The molecule has 1 aromatic carbocycles. The number of hydrogen-bond donors (Lipinski definition) is 1. The van der Waals surface area contributed by atoms with Crippen LogP contribution in [-0.2, 0) is 14.8 Å². The molecule has 0 spiro atoms. The highest BCUT2D eigenvalue weighted by Gasteiger charge is 2.38. The lowest BCUT2D eigenvalue weighted by Gasteiger charge is -2.32. The zero-order chi connectivity index (χ0) is 21.4. The highest BCUT2D eigenvalue weighted by Crippen LogP contribution is 2.36. The van der Waals surface area contributed by atoms with Crippen molar-refractivity contribution in [2.24, 2.45) is 0 Å². The Labute approximate surface area is 181 Å². The van der Waals surface area contributed by atoms with Gasteiger partial charge in [0.25, 0.3) is 10.0 Å². The number of carbonyl (C=O) groups excluding carboxylic acids is 1. The highest BCUT2D eigenvalue weighted by molar-refractivity contribution is 7.91. The number of ether oxygens (including phenoxy) is 2. The van der Waals surface area contributed by atoms with E-state index in [1.807, 2.05) is 0 Å². The van der Waals surface area contributed by atoms with Crippen molar-refractivity contribution < 1.29 is 27.1 Å². The fraction of sp³-hybridized carbons (Fsp3) is 0.316. The Morgan fingerprint density at radius 3 is 2.87 bits per heavy atom. The summed E-state index contributed by atoms with van der Waals surface area (Å²) in [6, 6.07) is 7.45. The smallest absolute Gasteiger partial charge is 0.322 e. The zero-order valence-corrected chi connectivity index (χ0v) is 17.8. The monoisotopic (exact) mass is 462 g/mol. The van der Waals surface area contributed by atoms with Crippen molar-refractivity contribution in [3.8, 4) is 23.0 Å². The van der Waals surface area contributed by atoms with Gasteiger partial charge in [0, 0.05) is 12.1 Å². The first-order chi connectivity index (χ1) is 15.0. The number of anilines is 1. The molecule has 1 fully saturated rings. The second-order valence-corrected chi connectivity index (χ2v) is 10.1. The summed E-state index contributed by atoms with van der Waals surface area (Å²) >= 11 is 1.13. The number of sulfonamides is 1. The van der Waals surface area contributed by atoms with Gasteiger partial charge in [-0.05, 0) is 42.5 Å². The highest BCUT2D eigenvalue weighted by atomic mass is 32.2. The van der Waals surface area contributed by atoms with Crippen LogP contribution < -0.4 is 14.8 Å². The molecule has 1 amide bonds. The van der Waals surface area contributed by atoms with Crippen LogP contribution in [0.2, 0.25) is 0 Å². The molecule has 1 N–H and O–H groups in total. The molecule has 31 heavy (non-hydrogen) atoms. The summed E-state index contributed by atoms with van der Waals surface area (Å²) in [6.07, 6.45) is 1.86. The summed E-state index contributed by atoms with van der Waals surface area (Å²) in [6.45, 7) is 0.431. The standard InChI is InChI=1S/C19H18N4O6S2/c24-17(13-4-1-2-8-23(13)31(25,26)16-5-3-9-30-16)20-19-22-21-18(29-19)12-6-7-14-15(10-12)28-11-27-14/h3,5-7,9-10,13H,1-2,4,8,11H2,(H,20,22,24). The molecule has 0 bridgehead atoms. The molecule has 12 heteroatoms. The van der Waals surface area contributed by atoms with Gasteiger partial charge in [0.1, 0.15) is 10.3 Å². The maximum Gasteiger partial charge on any atom is 0.322 e. The number of aromatic nitrogens is 2. The molecule has 2 aliphatic heterocycles. The molecule has 2 aromatic heterocycles. The minimum atomic E-state index is -3.75. The molecule has 162 valence electrons. The summed E-state index contributed by atoms with van der Waals surface area (Å²) in [5.74, 6) is 0.889. The van der Waals surface area contributed by atoms with E-state index in [4.69, 9.17) is 13.9 Å². The van der Waals surface area contributed by atoms with Gasteiger partial charge < -0.3 is 13.9 Å². The molecule has 1 atom stereocenters. The lowest BCUT2D eigenvalue weighted by atomic mass is 10.0. The normalized spacial score (nSPS) is 18.8. The third-order valence-electron chi connectivity index (χ3n) is 5.09. The number of hydrogen-bond acceptors (Lipinski definition) is 9. The molecule has 5 rings (SSSR count). The number of thiophene rings is 1. The SMILES string of the molecule is O=C(Nc1nnc(-c2ccc3c(c2)OCO3)o1)C1CCCCN1S(=O)(=O)c1cccs1. The Morgan fingerprint density at radius 1 is 1.16 bits per heavy atom. The first kappa shape index (κ1) is 20.0. The second-order valence-electron chi connectivity index (χ2n) is 7.03. The van der Waals surface area contributed by atoms with E-state index in [0.29, 0.717) is 29.9 Å². The lowest BCUT2D eigenvalue weighted by molar-refractivity contribution is -0.120. The Balaban J connectivity index is 1.34. The number of piperidine rings is 1. The third-order valence-corrected chi connectivity index (χ3v) is 8.37. The number of nitrogens with one attached hydrogen (secondary N) is 1. The van der Waals surface area contributed by atoms with Crippen molar-refractivity contribution in [2.45, 2.75) is 29.5 Å². The fourth-order valence-electron chi connectivity index (χ4n) is 3.59. The Hall–Kier alpha value is -2.96. The van der Waals surface area contributed by atoms with E-state index in [0.717, 1.165) is 17.8 Å². The third kappa shape index (κ3) is 3.77. The topological polar surface area (TPSA) is 124 Å². The van der Waals surface area contributed by atoms with Gasteiger partial charge in [-0.3, -0.25) is 10.1 Å². The van der Waals surface area contributed by atoms with Crippen LogP contribution in [-0.4, -0.2) is 48.2 Å². The molecular formula is C19H18N4O6S2. The van der Waals surface area contributed by atoms with E-state index in [2.05, 4.69) is 15.5 Å². The van der Waals surface area contributed by atoms with Crippen molar-refractivity contribution in [3.05, 3.63) is 35.7 Å². The number of rotatable bonds is 5. The molecule has 10 nitrogen and oxygen atoms in total. The van der Waals surface area contributed by atoms with Crippen LogP contribution in [0.5, 0.6) is 11.5 Å². The van der Waals surface area contributed by atoms with E-state index >= 15 is 0 Å². The zero-order valence-electron chi connectivity index (χ0n) is 16.2. The number of nitrogens with zero attached hydrogens (tertiary/aromatic N) is 3. The summed E-state index contributed by atoms with van der Waals surface area (Å²) in [5.41, 5.74) is 0.608. The molecule has 2 aliphatic rings. The summed E-state index contributed by atoms with van der Waals surface area (Å²) < 4.78 is 43.6. The van der Waals surface area contributed by atoms with E-state index in [1.165, 1.54) is 4.31 Å². The van der Waals surface area contributed by atoms with Gasteiger partial charge in [-0.25, -0.2) is 8.42 Å². The predicted molar refractivity (Wildman–Crippen MR) is 110 cm³/mol. The molecule has 0 saturated carbocycles. The van der Waals surface area contributed by atoms with E-state index in [1.54, 1.807) is 35.7 Å². The van der Waals surface area contributed by atoms with Crippen LogP contribution in [0.25, 0.3) is 11.5 Å². The number of amides is 1. The number of benzene rings is 1. The largest absolute Gasteiger partial charge is 0.454 e. The molecule has 1 saturated heterocycles. The molecule has 4 heterocycles. The Morgan fingerprint density at radius 2 is 2.03 bits per heavy atom. The van der Waals surface area contributed by atoms with Crippen LogP contribution in [0, 0.1) is 0 Å². The van der Waals surface area contributed by atoms with Gasteiger partial charge in [-0.15, -0.1) is 16.4 Å². The van der Waals surface area contributed by atoms with Crippen molar-refractivity contribution in [1.82, 2.24) is 14.5 Å². The Bertz CT molecular complexity index is 1210. The predicted octanol–water partition coefficient (Wildman–Crippen LogP) is 2.71. The summed E-state index contributed by atoms with van der Waals surface area (Å²) in [7, 11) is -3.75. The van der Waals surface area contributed by atoms with Gasteiger partial charge >= 0.3 is 6.01 Å². The van der Waals surface area contributed by atoms with Crippen molar-refractivity contribution >= 4 is 33.3 Å². The van der Waals surface area contributed by atoms with Crippen LogP contribution in [0.4, 0.5) is 6.01 Å². The van der Waals surface area contributed by atoms with Gasteiger partial charge in [0.2, 0.25) is 18.6 Å². The average molecular weight is 463 g/mol. The molecule has 0 aliphatic carbocycles. The summed E-state index contributed by atoms with van der Waals surface area (Å²) in [5, 5.41) is 12.1. The van der Waals surface area contributed by atoms with Gasteiger partial charge in [0.05, 0.1) is 0 Å². The first-order valence-corrected chi connectivity index (χ1v) is 11.9. The van der Waals surface area contributed by atoms with Crippen LogP contribution >= 0.6 is 11.3 Å². The minimum Gasteiger partial charge on any atom is -0.454 e. The van der Waals surface area contributed by atoms with Crippen molar-refractivity contribution in [3.63, 3.8) is 0 Å². The lowest BCUT2D eigenvalue weighted by Crippen LogP contribution is -2.49. The molecule has 1 unspecified atom stereocenters. The summed E-state index contributed by atoms with van der Waals surface area (Å²) in [4.78, 5) is 12.9. The van der Waals surface area contributed by atoms with Crippen LogP contribution in [0.3, 0.4) is 0 Å². The van der Waals surface area contributed by atoms with E-state index < -0.39 is 22.0 Å². The number of carbonyl (C=O) groups is 1. The maximum atomic E-state index is 13.0. The van der Waals surface area contributed by atoms with Crippen molar-refractivity contribution in [1.29, 1.82) is 0 Å². The van der Waals surface area contributed by atoms with E-state index in [-0.39, 0.29) is 29.5 Å². The molecule has 3 aromatic rings. The molecule has 0 radical (unpaired) electrons. The quantitative estimate of drug-likeness (QED) is 0.614. The van der Waals surface area contributed by atoms with Crippen LogP contribution in [0.15, 0.2) is 44.3 Å². The fourth-order valence-corrected chi connectivity index (χ4v) is 6.37. The second kappa shape index (κ2) is 7.94. The van der Waals surface area contributed by atoms with E-state index in [9.17, 15) is 13.2 Å². The first-order valence-electron chi connectivity index (χ1n) is 9.62. The average Bonchev–Trinajstić information content (AvgIpc) is 3.54. The minimum absolute atomic E-state index is 0.100. The maximum absolute atomic E-state index is 13.0. The van der Waals surface area contributed by atoms with Gasteiger partial charge in [-0.2, -0.15) is 4.31 Å². The van der Waals surface area contributed by atoms with Gasteiger partial charge in [-0.1, -0.05) is 17.6 Å². The van der Waals surface area contributed by atoms with Gasteiger partial charge in [0.15, 0.2) is 11.5 Å². The number of fused-ring (bicyclic) bond motifs is 1. The Kier molecular flexibility index (Phi) is 5.12. The van der Waals surface area contributed by atoms with Crippen LogP contribution in [0.1, 0.15) is 19.3 Å². The molecular weight excluding hydrogens is 444 g/mol. The van der Waals surface area contributed by atoms with Crippen molar-refractivity contribution in [2.75, 3.05) is 18.7 Å².